The molecule has 0 aromatic carbocycles. The number of aromatic nitrogens is 1. The summed E-state index contributed by atoms with van der Waals surface area (Å²) in [5.74, 6) is 10.8. The molecule has 1 rings (SSSR count). The van der Waals surface area contributed by atoms with E-state index in [9.17, 15) is 13.2 Å². The van der Waals surface area contributed by atoms with Crippen molar-refractivity contribution in [2.75, 3.05) is 0 Å². The molecule has 3 N–H and O–H groups in total. The van der Waals surface area contributed by atoms with Gasteiger partial charge in [0.2, 0.25) is 0 Å². The standard InChI is InChI=1S/C11H12F3N3/c1-2-3-4-10(17-15)9-6-5-8(7-16-9)11(12,13)14/h5-7,10,17H,4,15H2,1H3. The third kappa shape index (κ3) is 3.73. The summed E-state index contributed by atoms with van der Waals surface area (Å²) in [4.78, 5) is 3.74. The number of hydrogen-bond donors (Lipinski definition) is 2. The number of nitrogens with one attached hydrogen (secondary N) is 1. The first-order valence-electron chi connectivity index (χ1n) is 4.88. The molecular weight excluding hydrogens is 231 g/mol. The molecular formula is C11H12F3N3. The van der Waals surface area contributed by atoms with E-state index in [-0.39, 0.29) is 6.04 Å². The topological polar surface area (TPSA) is 50.9 Å². The molecule has 6 heteroatoms. The third-order valence-corrected chi connectivity index (χ3v) is 2.15. The molecule has 0 saturated carbocycles. The van der Waals surface area contributed by atoms with E-state index in [1.54, 1.807) is 6.92 Å². The van der Waals surface area contributed by atoms with E-state index in [0.29, 0.717) is 12.1 Å². The molecule has 1 aromatic heterocycles. The van der Waals surface area contributed by atoms with Crippen LogP contribution in [0.15, 0.2) is 18.3 Å². The fraction of sp³-hybridized carbons (Fsp3) is 0.364. The Morgan fingerprint density at radius 1 is 1.47 bits per heavy atom. The molecule has 3 nitrogen and oxygen atoms in total. The van der Waals surface area contributed by atoms with Crippen LogP contribution in [0.25, 0.3) is 0 Å². The monoisotopic (exact) mass is 243 g/mol. The van der Waals surface area contributed by atoms with Gasteiger partial charge in [-0.25, -0.2) is 0 Å². The van der Waals surface area contributed by atoms with Crippen LogP contribution in [0.1, 0.15) is 30.6 Å². The van der Waals surface area contributed by atoms with Crippen LogP contribution in [0.3, 0.4) is 0 Å². The summed E-state index contributed by atoms with van der Waals surface area (Å²) >= 11 is 0. The van der Waals surface area contributed by atoms with Crippen LogP contribution >= 0.6 is 0 Å². The highest BCUT2D eigenvalue weighted by Crippen LogP contribution is 2.29. The zero-order valence-electron chi connectivity index (χ0n) is 9.17. The average Bonchev–Trinajstić information content (AvgIpc) is 2.29. The lowest BCUT2D eigenvalue weighted by atomic mass is 10.1. The van der Waals surface area contributed by atoms with Gasteiger partial charge < -0.3 is 0 Å². The normalized spacial score (nSPS) is 12.8. The van der Waals surface area contributed by atoms with Crippen molar-refractivity contribution < 1.29 is 13.2 Å². The predicted octanol–water partition coefficient (Wildman–Crippen LogP) is 2.02. The van der Waals surface area contributed by atoms with Gasteiger partial charge in [0.1, 0.15) is 0 Å². The van der Waals surface area contributed by atoms with Crippen LogP contribution in [0.4, 0.5) is 13.2 Å². The van der Waals surface area contributed by atoms with Crippen LogP contribution in [-0.4, -0.2) is 4.98 Å². The SMILES string of the molecule is CC#CCC(NN)c1ccc(C(F)(F)F)cn1. The van der Waals surface area contributed by atoms with E-state index in [0.717, 1.165) is 12.3 Å². The molecule has 0 fully saturated rings. The first kappa shape index (κ1) is 13.5. The molecule has 1 heterocycles. The van der Waals surface area contributed by atoms with Crippen molar-refractivity contribution in [2.24, 2.45) is 5.84 Å². The Morgan fingerprint density at radius 3 is 2.59 bits per heavy atom. The summed E-state index contributed by atoms with van der Waals surface area (Å²) in [5, 5.41) is 0. The van der Waals surface area contributed by atoms with E-state index in [2.05, 4.69) is 22.3 Å². The van der Waals surface area contributed by atoms with Crippen molar-refractivity contribution >= 4 is 0 Å². The number of rotatable bonds is 3. The van der Waals surface area contributed by atoms with E-state index in [1.165, 1.54) is 6.07 Å². The minimum Gasteiger partial charge on any atom is -0.271 e. The molecule has 92 valence electrons. The summed E-state index contributed by atoms with van der Waals surface area (Å²) < 4.78 is 36.9. The molecule has 0 saturated heterocycles. The van der Waals surface area contributed by atoms with Crippen molar-refractivity contribution in [3.05, 3.63) is 29.6 Å². The summed E-state index contributed by atoms with van der Waals surface area (Å²) in [6.45, 7) is 1.67. The quantitative estimate of drug-likeness (QED) is 0.485. The maximum atomic E-state index is 12.3. The molecule has 0 spiro atoms. The fourth-order valence-electron chi connectivity index (χ4n) is 1.23. The van der Waals surface area contributed by atoms with Gasteiger partial charge in [-0.1, -0.05) is 0 Å². The summed E-state index contributed by atoms with van der Waals surface area (Å²) in [7, 11) is 0. The van der Waals surface area contributed by atoms with E-state index in [4.69, 9.17) is 5.84 Å². The molecule has 17 heavy (non-hydrogen) atoms. The van der Waals surface area contributed by atoms with Gasteiger partial charge in [0.05, 0.1) is 17.3 Å². The predicted molar refractivity (Wildman–Crippen MR) is 57.4 cm³/mol. The fourth-order valence-corrected chi connectivity index (χ4v) is 1.23. The number of pyridine rings is 1. The molecule has 0 aliphatic rings. The van der Waals surface area contributed by atoms with Gasteiger partial charge in [0, 0.05) is 12.6 Å². The van der Waals surface area contributed by atoms with Gasteiger partial charge in [0.25, 0.3) is 0 Å². The average molecular weight is 243 g/mol. The summed E-state index contributed by atoms with van der Waals surface area (Å²) in [6, 6.07) is 1.90. The Balaban J connectivity index is 2.87. The minimum absolute atomic E-state index is 0.371. The molecule has 0 radical (unpaired) electrons. The van der Waals surface area contributed by atoms with Crippen molar-refractivity contribution in [1.29, 1.82) is 0 Å². The molecule has 0 aliphatic heterocycles. The van der Waals surface area contributed by atoms with Crippen molar-refractivity contribution in [2.45, 2.75) is 25.6 Å². The molecule has 0 aliphatic carbocycles. The highest BCUT2D eigenvalue weighted by Gasteiger charge is 2.30. The molecule has 1 atom stereocenters. The lowest BCUT2D eigenvalue weighted by Gasteiger charge is -2.13. The maximum absolute atomic E-state index is 12.3. The van der Waals surface area contributed by atoms with E-state index in [1.807, 2.05) is 0 Å². The van der Waals surface area contributed by atoms with Crippen LogP contribution in [0.5, 0.6) is 0 Å². The van der Waals surface area contributed by atoms with Gasteiger partial charge in [-0.2, -0.15) is 13.2 Å². The lowest BCUT2D eigenvalue weighted by Crippen LogP contribution is -2.28. The van der Waals surface area contributed by atoms with Crippen molar-refractivity contribution in [1.82, 2.24) is 10.4 Å². The first-order chi connectivity index (χ1) is 7.99. The number of hydrazine groups is 1. The molecule has 1 unspecified atom stereocenters. The van der Waals surface area contributed by atoms with Gasteiger partial charge in [0.15, 0.2) is 0 Å². The van der Waals surface area contributed by atoms with Crippen LogP contribution in [0, 0.1) is 11.8 Å². The molecule has 0 amide bonds. The Morgan fingerprint density at radius 2 is 2.18 bits per heavy atom. The Kier molecular flexibility index (Phi) is 4.49. The first-order valence-corrected chi connectivity index (χ1v) is 4.88. The van der Waals surface area contributed by atoms with Crippen LogP contribution in [-0.2, 0) is 6.18 Å². The second-order valence-electron chi connectivity index (χ2n) is 3.32. The summed E-state index contributed by atoms with van der Waals surface area (Å²) in [6.07, 6.45) is -3.19. The highest BCUT2D eigenvalue weighted by molar-refractivity contribution is 5.20. The molecule has 0 bridgehead atoms. The van der Waals surface area contributed by atoms with E-state index >= 15 is 0 Å². The van der Waals surface area contributed by atoms with Crippen LogP contribution < -0.4 is 11.3 Å². The lowest BCUT2D eigenvalue weighted by molar-refractivity contribution is -0.137. The maximum Gasteiger partial charge on any atom is 0.417 e. The third-order valence-electron chi connectivity index (χ3n) is 2.15. The largest absolute Gasteiger partial charge is 0.417 e. The summed E-state index contributed by atoms with van der Waals surface area (Å²) in [5.41, 5.74) is 2.12. The Bertz CT molecular complexity index is 414. The number of nitrogens with two attached hydrogens (primary N) is 1. The van der Waals surface area contributed by atoms with Gasteiger partial charge in [-0.3, -0.25) is 16.3 Å². The number of halogens is 3. The molecule has 1 aromatic rings. The van der Waals surface area contributed by atoms with Gasteiger partial charge >= 0.3 is 6.18 Å². The van der Waals surface area contributed by atoms with Crippen LogP contribution in [0.2, 0.25) is 0 Å². The van der Waals surface area contributed by atoms with Gasteiger partial charge in [-0.05, 0) is 19.1 Å². The van der Waals surface area contributed by atoms with Crippen molar-refractivity contribution in [3.63, 3.8) is 0 Å². The second kappa shape index (κ2) is 5.66. The highest BCUT2D eigenvalue weighted by atomic mass is 19.4. The number of hydrogen-bond acceptors (Lipinski definition) is 3. The number of nitrogens with zero attached hydrogens (tertiary/aromatic N) is 1. The minimum atomic E-state index is -4.37. The zero-order valence-corrected chi connectivity index (χ0v) is 9.17. The Hall–Kier alpha value is -1.58. The second-order valence-corrected chi connectivity index (χ2v) is 3.32. The smallest absolute Gasteiger partial charge is 0.271 e. The number of alkyl halides is 3. The Labute approximate surface area is 97.2 Å². The van der Waals surface area contributed by atoms with Gasteiger partial charge in [-0.15, -0.1) is 11.8 Å². The zero-order chi connectivity index (χ0) is 12.9. The van der Waals surface area contributed by atoms with Crippen molar-refractivity contribution in [3.8, 4) is 11.8 Å². The van der Waals surface area contributed by atoms with E-state index < -0.39 is 11.7 Å².